The van der Waals surface area contributed by atoms with E-state index in [-0.39, 0.29) is 11.7 Å². The lowest BCUT2D eigenvalue weighted by Gasteiger charge is -2.06. The molecule has 0 aliphatic heterocycles. The van der Waals surface area contributed by atoms with Crippen molar-refractivity contribution < 1.29 is 19.5 Å². The van der Waals surface area contributed by atoms with Gasteiger partial charge in [-0.15, -0.1) is 11.8 Å². The van der Waals surface area contributed by atoms with Crippen LogP contribution in [0, 0.1) is 0 Å². The monoisotopic (exact) mass is 424 g/mol. The van der Waals surface area contributed by atoms with Crippen molar-refractivity contribution in [1.82, 2.24) is 9.36 Å². The Balaban J connectivity index is 1.85. The van der Waals surface area contributed by atoms with Crippen molar-refractivity contribution in [3.05, 3.63) is 36.4 Å². The summed E-state index contributed by atoms with van der Waals surface area (Å²) in [5.41, 5.74) is 0.505. The average molecular weight is 425 g/mol. The molecule has 0 aliphatic carbocycles. The fourth-order valence-corrected chi connectivity index (χ4v) is 3.79. The van der Waals surface area contributed by atoms with E-state index in [0.717, 1.165) is 34.3 Å². The number of carbonyl (C=O) groups excluding carboxylic acids is 2. The Morgan fingerprint density at radius 1 is 1.22 bits per heavy atom. The first-order valence-electron chi connectivity index (χ1n) is 7.67. The summed E-state index contributed by atoms with van der Waals surface area (Å²) in [5, 5.41) is 14.9. The molecule has 27 heavy (non-hydrogen) atoms. The van der Waals surface area contributed by atoms with Crippen LogP contribution in [0.2, 0.25) is 0 Å². The highest BCUT2D eigenvalue weighted by atomic mass is 32.2. The third-order valence-corrected chi connectivity index (χ3v) is 5.25. The highest BCUT2D eigenvalue weighted by Gasteiger charge is 2.09. The molecule has 2 aromatic rings. The maximum Gasteiger partial charge on any atom is 0.328 e. The zero-order valence-electron chi connectivity index (χ0n) is 14.2. The molecule has 2 amide bonds. The van der Waals surface area contributed by atoms with Crippen molar-refractivity contribution in [1.29, 1.82) is 0 Å². The minimum atomic E-state index is -1.20. The summed E-state index contributed by atoms with van der Waals surface area (Å²) in [5.74, 6) is -0.917. The van der Waals surface area contributed by atoms with Gasteiger partial charge in [-0.25, -0.2) is 4.79 Å². The van der Waals surface area contributed by atoms with Crippen molar-refractivity contribution in [2.45, 2.75) is 17.0 Å². The molecule has 0 fully saturated rings. The molecule has 142 valence electrons. The van der Waals surface area contributed by atoms with Crippen LogP contribution in [-0.4, -0.2) is 43.8 Å². The first kappa shape index (κ1) is 20.9. The second kappa shape index (κ2) is 10.7. The largest absolute Gasteiger partial charge is 0.478 e. The summed E-state index contributed by atoms with van der Waals surface area (Å²) < 4.78 is 4.13. The summed E-state index contributed by atoms with van der Waals surface area (Å²) in [7, 11) is 0. The van der Waals surface area contributed by atoms with Gasteiger partial charge in [0.15, 0.2) is 0 Å². The molecule has 0 radical (unpaired) electrons. The number of carboxylic acids is 1. The highest BCUT2D eigenvalue weighted by Crippen LogP contribution is 2.23. The summed E-state index contributed by atoms with van der Waals surface area (Å²) >= 11 is 3.94. The van der Waals surface area contributed by atoms with Crippen LogP contribution < -0.4 is 10.6 Å². The molecule has 0 aliphatic rings. The van der Waals surface area contributed by atoms with Crippen molar-refractivity contribution in [3.63, 3.8) is 0 Å². The predicted octanol–water partition coefficient (Wildman–Crippen LogP) is 2.96. The summed E-state index contributed by atoms with van der Waals surface area (Å²) in [4.78, 5) is 39.0. The third kappa shape index (κ3) is 7.81. The first-order chi connectivity index (χ1) is 13.0. The molecule has 0 atom stereocenters. The van der Waals surface area contributed by atoms with Crippen LogP contribution >= 0.6 is 35.1 Å². The quantitative estimate of drug-likeness (QED) is 0.415. The molecule has 3 N–H and O–H groups in total. The summed E-state index contributed by atoms with van der Waals surface area (Å²) in [6.45, 7) is 2.00. The standard InChI is InChI=1S/C16H16N4O4S3/c1-2-25-16-19-15(27-20-16)18-13(22)9-26-11-5-3-4-10(8-11)17-12(21)6-7-14(23)24/h3-8H,2,9H2,1H3,(H,17,21)(H,23,24)(H,18,19,20,22)/b7-6+. The van der Waals surface area contributed by atoms with Gasteiger partial charge in [-0.05, 0) is 24.0 Å². The molecule has 0 spiro atoms. The number of aliphatic carboxylic acids is 1. The molecule has 1 aromatic heterocycles. The maximum atomic E-state index is 12.0. The van der Waals surface area contributed by atoms with Crippen molar-refractivity contribution in [3.8, 4) is 0 Å². The van der Waals surface area contributed by atoms with Gasteiger partial charge >= 0.3 is 5.97 Å². The van der Waals surface area contributed by atoms with E-state index in [9.17, 15) is 14.4 Å². The van der Waals surface area contributed by atoms with Crippen LogP contribution in [0.1, 0.15) is 6.92 Å². The number of amides is 2. The average Bonchev–Trinajstić information content (AvgIpc) is 3.06. The van der Waals surface area contributed by atoms with Crippen LogP contribution in [-0.2, 0) is 14.4 Å². The molecule has 1 heterocycles. The lowest BCUT2D eigenvalue weighted by molar-refractivity contribution is -0.131. The van der Waals surface area contributed by atoms with E-state index in [2.05, 4.69) is 20.0 Å². The molecule has 0 saturated carbocycles. The number of hydrogen-bond donors (Lipinski definition) is 3. The number of carboxylic acid groups (broad SMARTS) is 1. The van der Waals surface area contributed by atoms with Gasteiger partial charge < -0.3 is 10.4 Å². The molecule has 2 rings (SSSR count). The number of carbonyl (C=O) groups is 3. The number of nitrogens with zero attached hydrogens (tertiary/aromatic N) is 2. The van der Waals surface area contributed by atoms with Gasteiger partial charge in [-0.1, -0.05) is 24.8 Å². The van der Waals surface area contributed by atoms with Gasteiger partial charge in [0.05, 0.1) is 5.75 Å². The van der Waals surface area contributed by atoms with Crippen LogP contribution in [0.5, 0.6) is 0 Å². The van der Waals surface area contributed by atoms with Crippen LogP contribution in [0.4, 0.5) is 10.8 Å². The van der Waals surface area contributed by atoms with Gasteiger partial charge in [0.2, 0.25) is 22.1 Å². The molecule has 11 heteroatoms. The summed E-state index contributed by atoms with van der Waals surface area (Å²) in [6.07, 6.45) is 1.69. The highest BCUT2D eigenvalue weighted by molar-refractivity contribution is 8.00. The van der Waals surface area contributed by atoms with Crippen LogP contribution in [0.3, 0.4) is 0 Å². The molecular weight excluding hydrogens is 408 g/mol. The molecule has 0 unspecified atom stereocenters. The van der Waals surface area contributed by atoms with Gasteiger partial charge in [0.1, 0.15) is 0 Å². The molecular formula is C16H16N4O4S3. The normalized spacial score (nSPS) is 10.7. The second-order valence-electron chi connectivity index (χ2n) is 4.84. The van der Waals surface area contributed by atoms with Crippen molar-refractivity contribution in [2.24, 2.45) is 0 Å². The lowest BCUT2D eigenvalue weighted by atomic mass is 10.3. The Kier molecular flexibility index (Phi) is 8.30. The smallest absolute Gasteiger partial charge is 0.328 e. The topological polar surface area (TPSA) is 121 Å². The zero-order chi connectivity index (χ0) is 19.6. The van der Waals surface area contributed by atoms with Gasteiger partial charge in [-0.2, -0.15) is 9.36 Å². The number of benzene rings is 1. The van der Waals surface area contributed by atoms with Crippen molar-refractivity contribution in [2.75, 3.05) is 22.1 Å². The van der Waals surface area contributed by atoms with Crippen LogP contribution in [0.25, 0.3) is 0 Å². The van der Waals surface area contributed by atoms with Gasteiger partial charge in [0, 0.05) is 34.3 Å². The van der Waals surface area contributed by atoms with E-state index in [1.807, 2.05) is 13.0 Å². The van der Waals surface area contributed by atoms with Crippen molar-refractivity contribution >= 4 is 63.7 Å². The van der Waals surface area contributed by atoms with E-state index in [1.54, 1.807) is 18.2 Å². The number of thioether (sulfide) groups is 2. The zero-order valence-corrected chi connectivity index (χ0v) is 16.6. The Bertz CT molecular complexity index is 854. The van der Waals surface area contributed by atoms with E-state index >= 15 is 0 Å². The number of rotatable bonds is 9. The van der Waals surface area contributed by atoms with Gasteiger partial charge in [-0.3, -0.25) is 14.9 Å². The minimum absolute atomic E-state index is 0.173. The SMILES string of the molecule is CCSc1nsc(NC(=O)CSc2cccc(NC(=O)/C=C/C(=O)O)c2)n1. The van der Waals surface area contributed by atoms with E-state index < -0.39 is 11.9 Å². The molecule has 1 aromatic carbocycles. The van der Waals surface area contributed by atoms with E-state index in [0.29, 0.717) is 16.0 Å². The molecule has 0 saturated heterocycles. The third-order valence-electron chi connectivity index (χ3n) is 2.78. The Labute approximate surface area is 168 Å². The second-order valence-corrected chi connectivity index (χ2v) is 7.87. The molecule has 8 nitrogen and oxygen atoms in total. The Morgan fingerprint density at radius 2 is 2.04 bits per heavy atom. The molecule has 0 bridgehead atoms. The van der Waals surface area contributed by atoms with E-state index in [4.69, 9.17) is 5.11 Å². The maximum absolute atomic E-state index is 12.0. The predicted molar refractivity (Wildman–Crippen MR) is 108 cm³/mol. The minimum Gasteiger partial charge on any atom is -0.478 e. The fraction of sp³-hybridized carbons (Fsp3) is 0.188. The van der Waals surface area contributed by atoms with Gasteiger partial charge in [0.25, 0.3) is 0 Å². The lowest BCUT2D eigenvalue weighted by Crippen LogP contribution is -2.13. The van der Waals surface area contributed by atoms with Crippen LogP contribution in [0.15, 0.2) is 46.5 Å². The fourth-order valence-electron chi connectivity index (χ4n) is 1.75. The summed E-state index contributed by atoms with van der Waals surface area (Å²) in [6, 6.07) is 6.91. The number of nitrogens with one attached hydrogen (secondary N) is 2. The first-order valence-corrected chi connectivity index (χ1v) is 10.4. The Hall–Kier alpha value is -2.37. The number of anilines is 2. The van der Waals surface area contributed by atoms with E-state index in [1.165, 1.54) is 23.5 Å². The Morgan fingerprint density at radius 3 is 2.78 bits per heavy atom. The number of aromatic nitrogens is 2. The number of hydrogen-bond acceptors (Lipinski definition) is 8.